The monoisotopic (exact) mass is 377 g/mol. The zero-order chi connectivity index (χ0) is 18.9. The van der Waals surface area contributed by atoms with Crippen LogP contribution in [0.25, 0.3) is 11.2 Å². The van der Waals surface area contributed by atoms with Crippen molar-refractivity contribution in [1.29, 1.82) is 0 Å². The molecule has 0 bridgehead atoms. The third-order valence-corrected chi connectivity index (χ3v) is 6.68. The van der Waals surface area contributed by atoms with Gasteiger partial charge in [-0.3, -0.25) is 4.79 Å². The van der Waals surface area contributed by atoms with E-state index < -0.39 is 0 Å². The molecule has 0 amide bonds. The molecule has 6 rings (SSSR count). The van der Waals surface area contributed by atoms with Crippen molar-refractivity contribution in [2.24, 2.45) is 7.05 Å². The van der Waals surface area contributed by atoms with Gasteiger partial charge < -0.3 is 14.5 Å². The quantitative estimate of drug-likeness (QED) is 0.732. The highest BCUT2D eigenvalue weighted by atomic mass is 16.1. The minimum Gasteiger partial charge on any atom is -0.340 e. The molecule has 2 aliphatic carbocycles. The van der Waals surface area contributed by atoms with Crippen LogP contribution in [-0.4, -0.2) is 42.6 Å². The van der Waals surface area contributed by atoms with Crippen molar-refractivity contribution in [3.05, 3.63) is 40.0 Å². The molecule has 1 saturated carbocycles. The Balaban J connectivity index is 1.38. The predicted molar refractivity (Wildman–Crippen MR) is 105 cm³/mol. The van der Waals surface area contributed by atoms with E-state index in [-0.39, 0.29) is 11.0 Å². The number of nitrogens with zero attached hydrogens (tertiary/aromatic N) is 6. The Labute approximate surface area is 162 Å². The number of aryl methyl sites for hydroxylation is 1. The highest BCUT2D eigenvalue weighted by Gasteiger charge is 2.46. The molecule has 1 N–H and O–H groups in total. The lowest BCUT2D eigenvalue weighted by molar-refractivity contribution is 0.331. The molecule has 1 aliphatic heterocycles. The molecule has 3 aliphatic rings. The summed E-state index contributed by atoms with van der Waals surface area (Å²) in [4.78, 5) is 36.6. The maximum atomic E-state index is 12.6. The first-order valence-corrected chi connectivity index (χ1v) is 10.2. The molecule has 8 heteroatoms. The van der Waals surface area contributed by atoms with Crippen LogP contribution in [0.2, 0.25) is 0 Å². The maximum Gasteiger partial charge on any atom is 0.254 e. The third-order valence-electron chi connectivity index (χ3n) is 6.68. The van der Waals surface area contributed by atoms with Crippen LogP contribution < -0.4 is 10.5 Å². The number of piperidine rings is 1. The number of aromatic nitrogens is 6. The van der Waals surface area contributed by atoms with Gasteiger partial charge in [0.1, 0.15) is 11.3 Å². The Morgan fingerprint density at radius 1 is 1.21 bits per heavy atom. The molecule has 2 fully saturated rings. The van der Waals surface area contributed by atoms with E-state index in [4.69, 9.17) is 9.97 Å². The Morgan fingerprint density at radius 3 is 2.96 bits per heavy atom. The first kappa shape index (κ1) is 16.2. The van der Waals surface area contributed by atoms with Crippen molar-refractivity contribution >= 4 is 17.1 Å². The number of hydrogen-bond acceptors (Lipinski definition) is 6. The van der Waals surface area contributed by atoms with Crippen LogP contribution in [0.15, 0.2) is 17.3 Å². The normalized spacial score (nSPS) is 24.2. The smallest absolute Gasteiger partial charge is 0.254 e. The number of imidazole rings is 1. The summed E-state index contributed by atoms with van der Waals surface area (Å²) in [5, 5.41) is 0. The molecular formula is C20H23N7O. The summed E-state index contributed by atoms with van der Waals surface area (Å²) in [5.41, 5.74) is 3.61. The fraction of sp³-hybridized carbons (Fsp3) is 0.550. The van der Waals surface area contributed by atoms with Gasteiger partial charge in [0, 0.05) is 37.0 Å². The van der Waals surface area contributed by atoms with Crippen LogP contribution in [0, 0.1) is 0 Å². The second-order valence-corrected chi connectivity index (χ2v) is 8.59. The van der Waals surface area contributed by atoms with Crippen LogP contribution in [-0.2, 0) is 18.9 Å². The lowest BCUT2D eigenvalue weighted by atomic mass is 9.77. The zero-order valence-electron chi connectivity index (χ0n) is 16.0. The second-order valence-electron chi connectivity index (χ2n) is 8.59. The van der Waals surface area contributed by atoms with Crippen molar-refractivity contribution in [3.63, 3.8) is 0 Å². The zero-order valence-corrected chi connectivity index (χ0v) is 16.0. The first-order valence-electron chi connectivity index (χ1n) is 10.2. The van der Waals surface area contributed by atoms with Crippen LogP contribution in [0.5, 0.6) is 0 Å². The summed E-state index contributed by atoms with van der Waals surface area (Å²) in [6, 6.07) is 0. The Morgan fingerprint density at radius 2 is 2.11 bits per heavy atom. The standard InChI is InChI=1S/C20H23N7O/c1-26-11-22-17-14(26)9-21-19(25-17)27-8-2-6-20(10-27)7-5-13-15(20)23-16(12-3-4-12)24-18(13)28/h9,11-12H,2-8,10H2,1H3,(H,23,24,28). The van der Waals surface area contributed by atoms with Gasteiger partial charge in [0.15, 0.2) is 5.65 Å². The summed E-state index contributed by atoms with van der Waals surface area (Å²) in [6.45, 7) is 1.74. The molecule has 8 nitrogen and oxygen atoms in total. The number of anilines is 1. The molecule has 0 radical (unpaired) electrons. The Bertz CT molecular complexity index is 1150. The van der Waals surface area contributed by atoms with E-state index in [1.165, 1.54) is 0 Å². The largest absolute Gasteiger partial charge is 0.340 e. The molecule has 1 spiro atoms. The summed E-state index contributed by atoms with van der Waals surface area (Å²) in [7, 11) is 1.95. The average molecular weight is 377 g/mol. The molecule has 28 heavy (non-hydrogen) atoms. The SMILES string of the molecule is Cn1cnc2nc(N3CCCC4(CCc5c4nc(C4CC4)[nH]c5=O)C3)ncc21. The van der Waals surface area contributed by atoms with Gasteiger partial charge in [0.2, 0.25) is 5.95 Å². The van der Waals surface area contributed by atoms with Crippen molar-refractivity contribution in [2.45, 2.75) is 49.9 Å². The molecule has 1 atom stereocenters. The molecular weight excluding hydrogens is 354 g/mol. The van der Waals surface area contributed by atoms with E-state index in [0.717, 1.165) is 85.8 Å². The fourth-order valence-electron chi connectivity index (χ4n) is 4.98. The molecule has 3 aromatic rings. The number of fused-ring (bicyclic) bond motifs is 3. The van der Waals surface area contributed by atoms with Crippen LogP contribution >= 0.6 is 0 Å². The van der Waals surface area contributed by atoms with E-state index >= 15 is 0 Å². The lowest BCUT2D eigenvalue weighted by Crippen LogP contribution is -2.46. The van der Waals surface area contributed by atoms with Crippen LogP contribution in [0.3, 0.4) is 0 Å². The third kappa shape index (κ3) is 2.33. The molecule has 144 valence electrons. The van der Waals surface area contributed by atoms with E-state index in [1.807, 2.05) is 17.8 Å². The minimum atomic E-state index is -0.0616. The van der Waals surface area contributed by atoms with Gasteiger partial charge in [-0.05, 0) is 38.5 Å². The van der Waals surface area contributed by atoms with Crippen molar-refractivity contribution < 1.29 is 0 Å². The fourth-order valence-corrected chi connectivity index (χ4v) is 4.98. The van der Waals surface area contributed by atoms with Gasteiger partial charge in [-0.25, -0.2) is 15.0 Å². The number of hydrogen-bond donors (Lipinski definition) is 1. The Hall–Kier alpha value is -2.77. The van der Waals surface area contributed by atoms with Gasteiger partial charge in [-0.2, -0.15) is 4.98 Å². The lowest BCUT2D eigenvalue weighted by Gasteiger charge is -2.40. The number of aromatic amines is 1. The van der Waals surface area contributed by atoms with Crippen molar-refractivity contribution in [1.82, 2.24) is 29.5 Å². The summed E-state index contributed by atoms with van der Waals surface area (Å²) < 4.78 is 1.93. The van der Waals surface area contributed by atoms with Crippen LogP contribution in [0.1, 0.15) is 55.1 Å². The van der Waals surface area contributed by atoms with Crippen molar-refractivity contribution in [2.75, 3.05) is 18.0 Å². The van der Waals surface area contributed by atoms with Gasteiger partial charge in [-0.1, -0.05) is 0 Å². The van der Waals surface area contributed by atoms with Gasteiger partial charge in [0.05, 0.1) is 18.2 Å². The van der Waals surface area contributed by atoms with Gasteiger partial charge in [-0.15, -0.1) is 0 Å². The summed E-state index contributed by atoms with van der Waals surface area (Å²) >= 11 is 0. The average Bonchev–Trinajstić information content (AvgIpc) is 3.42. The highest BCUT2D eigenvalue weighted by Crippen LogP contribution is 2.45. The molecule has 3 aromatic heterocycles. The Kier molecular flexibility index (Phi) is 3.25. The molecule has 4 heterocycles. The highest BCUT2D eigenvalue weighted by molar-refractivity contribution is 5.71. The molecule has 1 saturated heterocycles. The van der Waals surface area contributed by atoms with E-state index in [0.29, 0.717) is 5.92 Å². The maximum absolute atomic E-state index is 12.6. The van der Waals surface area contributed by atoms with E-state index in [9.17, 15) is 4.79 Å². The predicted octanol–water partition coefficient (Wildman–Crippen LogP) is 1.81. The molecule has 1 unspecified atom stereocenters. The minimum absolute atomic E-state index is 0.0616. The topological polar surface area (TPSA) is 92.6 Å². The summed E-state index contributed by atoms with van der Waals surface area (Å²) in [5.74, 6) is 2.07. The first-order chi connectivity index (χ1) is 13.6. The van der Waals surface area contributed by atoms with E-state index in [2.05, 4.69) is 19.9 Å². The van der Waals surface area contributed by atoms with E-state index in [1.54, 1.807) is 6.33 Å². The van der Waals surface area contributed by atoms with Crippen LogP contribution in [0.4, 0.5) is 5.95 Å². The molecule has 0 aromatic carbocycles. The number of rotatable bonds is 2. The van der Waals surface area contributed by atoms with Gasteiger partial charge in [0.25, 0.3) is 5.56 Å². The number of nitrogens with one attached hydrogen (secondary N) is 1. The van der Waals surface area contributed by atoms with Crippen molar-refractivity contribution in [3.8, 4) is 0 Å². The second kappa shape index (κ2) is 5.62. The number of H-pyrrole nitrogens is 1. The summed E-state index contributed by atoms with van der Waals surface area (Å²) in [6.07, 6.45) is 9.81. The van der Waals surface area contributed by atoms with Gasteiger partial charge >= 0.3 is 0 Å².